The van der Waals surface area contributed by atoms with E-state index >= 15 is 0 Å². The van der Waals surface area contributed by atoms with E-state index < -0.39 is 11.8 Å². The van der Waals surface area contributed by atoms with Crippen molar-refractivity contribution >= 4 is 13.5 Å². The van der Waals surface area contributed by atoms with Gasteiger partial charge in [0.25, 0.3) is 0 Å². The summed E-state index contributed by atoms with van der Waals surface area (Å²) in [6.45, 7) is -0.00142. The first kappa shape index (κ1) is 11.7. The molecule has 5 heteroatoms. The predicted octanol–water partition coefficient (Wildman–Crippen LogP) is 0.654. The van der Waals surface area contributed by atoms with Crippen molar-refractivity contribution in [2.24, 2.45) is 5.73 Å². The van der Waals surface area contributed by atoms with E-state index in [4.69, 9.17) is 15.5 Å². The largest absolute Gasteiger partial charge is 0.481 e. The molecular weight excluding hydrogens is 193 g/mol. The van der Waals surface area contributed by atoms with Crippen molar-refractivity contribution in [1.82, 2.24) is 0 Å². The second kappa shape index (κ2) is 6.21. The number of aliphatic carboxylic acids is 1. The first-order valence-electron chi connectivity index (χ1n) is 4.65. The van der Waals surface area contributed by atoms with Crippen molar-refractivity contribution < 1.29 is 14.6 Å². The number of carboxylic acid groups (broad SMARTS) is 1. The van der Waals surface area contributed by atoms with E-state index in [1.165, 1.54) is 7.48 Å². The Morgan fingerprint density at radius 3 is 2.67 bits per heavy atom. The number of carboxylic acids is 1. The van der Waals surface area contributed by atoms with Gasteiger partial charge in [0.2, 0.25) is 0 Å². The van der Waals surface area contributed by atoms with Gasteiger partial charge in [-0.15, -0.1) is 0 Å². The highest BCUT2D eigenvalue weighted by Crippen LogP contribution is 2.13. The molecule has 1 aromatic rings. The third kappa shape index (κ3) is 4.14. The molecule has 0 aliphatic rings. The topological polar surface area (TPSA) is 72.5 Å². The Morgan fingerprint density at radius 2 is 2.13 bits per heavy atom. The maximum Gasteiger partial charge on any atom is 0.309 e. The summed E-state index contributed by atoms with van der Waals surface area (Å²) in [6.07, 6.45) is 0.413. The summed E-state index contributed by atoms with van der Waals surface area (Å²) in [5.74, 6) is -1.57. The monoisotopic (exact) mass is 206 g/mol. The predicted molar refractivity (Wildman–Crippen MR) is 57.4 cm³/mol. The summed E-state index contributed by atoms with van der Waals surface area (Å²) >= 11 is 0. The van der Waals surface area contributed by atoms with Gasteiger partial charge in [-0.2, -0.15) is 0 Å². The molecular formula is C10H13BNO3. The normalized spacial score (nSPS) is 12.1. The van der Waals surface area contributed by atoms with Crippen LogP contribution in [0.2, 0.25) is 5.82 Å². The van der Waals surface area contributed by atoms with Crippen LogP contribution in [-0.4, -0.2) is 25.3 Å². The smallest absolute Gasteiger partial charge is 0.309 e. The molecule has 1 atom stereocenters. The van der Waals surface area contributed by atoms with Gasteiger partial charge >= 0.3 is 13.5 Å². The van der Waals surface area contributed by atoms with Crippen LogP contribution in [0.25, 0.3) is 0 Å². The van der Waals surface area contributed by atoms with Crippen LogP contribution in [0.1, 0.15) is 5.56 Å². The minimum absolute atomic E-state index is 0.00142. The summed E-state index contributed by atoms with van der Waals surface area (Å²) in [4.78, 5) is 10.9. The van der Waals surface area contributed by atoms with Crippen molar-refractivity contribution in [1.29, 1.82) is 0 Å². The van der Waals surface area contributed by atoms with E-state index in [1.807, 2.05) is 30.3 Å². The molecule has 0 saturated heterocycles. The van der Waals surface area contributed by atoms with Gasteiger partial charge in [-0.05, 0) is 12.0 Å². The number of hydrogen-bond acceptors (Lipinski definition) is 3. The van der Waals surface area contributed by atoms with E-state index in [9.17, 15) is 4.79 Å². The molecule has 1 aromatic carbocycles. The first-order chi connectivity index (χ1) is 7.24. The molecule has 0 amide bonds. The molecule has 3 N–H and O–H groups in total. The van der Waals surface area contributed by atoms with Crippen LogP contribution < -0.4 is 5.73 Å². The first-order valence-corrected chi connectivity index (χ1v) is 4.65. The quantitative estimate of drug-likeness (QED) is 0.529. The number of benzene rings is 1. The van der Waals surface area contributed by atoms with Crippen molar-refractivity contribution in [2.45, 2.75) is 12.2 Å². The molecule has 1 rings (SSSR count). The second-order valence-electron chi connectivity index (χ2n) is 3.10. The lowest BCUT2D eigenvalue weighted by atomic mass is 9.76. The van der Waals surface area contributed by atoms with E-state index in [0.29, 0.717) is 6.42 Å². The maximum atomic E-state index is 10.9. The Balaban J connectivity index is 2.55. The number of carbonyl (C=O) groups is 1. The SMILES string of the molecule is NCO[B][C@H](Cc1ccccc1)C(=O)O. The van der Waals surface area contributed by atoms with Gasteiger partial charge < -0.3 is 15.5 Å². The van der Waals surface area contributed by atoms with Crippen molar-refractivity contribution in [3.8, 4) is 0 Å². The highest BCUT2D eigenvalue weighted by atomic mass is 16.4. The molecule has 0 aromatic heterocycles. The van der Waals surface area contributed by atoms with Crippen LogP contribution in [0, 0.1) is 0 Å². The Labute approximate surface area is 89.3 Å². The number of hydrogen-bond donors (Lipinski definition) is 2. The fourth-order valence-corrected chi connectivity index (χ4v) is 1.23. The molecule has 0 aliphatic carbocycles. The molecule has 0 heterocycles. The standard InChI is InChI=1S/C10H13BNO3/c12-7-15-11-9(10(13)14)6-8-4-2-1-3-5-8/h1-5,9H,6-7,12H2,(H,13,14)/t9-/m1/s1. The van der Waals surface area contributed by atoms with Gasteiger partial charge in [0, 0.05) is 0 Å². The highest BCUT2D eigenvalue weighted by molar-refractivity contribution is 6.36. The molecule has 15 heavy (non-hydrogen) atoms. The van der Waals surface area contributed by atoms with Crippen LogP contribution in [-0.2, 0) is 15.9 Å². The summed E-state index contributed by atoms with van der Waals surface area (Å²) in [5, 5.41) is 8.91. The summed E-state index contributed by atoms with van der Waals surface area (Å²) < 4.78 is 4.80. The third-order valence-electron chi connectivity index (χ3n) is 1.97. The lowest BCUT2D eigenvalue weighted by Crippen LogP contribution is -2.21. The molecule has 0 bridgehead atoms. The second-order valence-corrected chi connectivity index (χ2v) is 3.10. The molecule has 1 radical (unpaired) electrons. The van der Waals surface area contributed by atoms with Gasteiger partial charge in [-0.1, -0.05) is 30.3 Å². The van der Waals surface area contributed by atoms with E-state index in [-0.39, 0.29) is 6.73 Å². The van der Waals surface area contributed by atoms with Gasteiger partial charge in [0.15, 0.2) is 0 Å². The van der Waals surface area contributed by atoms with Crippen LogP contribution in [0.15, 0.2) is 30.3 Å². The van der Waals surface area contributed by atoms with Crippen LogP contribution >= 0.6 is 0 Å². The highest BCUT2D eigenvalue weighted by Gasteiger charge is 2.20. The Hall–Kier alpha value is -1.33. The van der Waals surface area contributed by atoms with Crippen molar-refractivity contribution in [2.75, 3.05) is 6.73 Å². The zero-order valence-electron chi connectivity index (χ0n) is 8.30. The number of rotatable bonds is 6. The van der Waals surface area contributed by atoms with Gasteiger partial charge in [-0.25, -0.2) is 0 Å². The zero-order chi connectivity index (χ0) is 11.1. The van der Waals surface area contributed by atoms with E-state index in [2.05, 4.69) is 0 Å². The van der Waals surface area contributed by atoms with Crippen molar-refractivity contribution in [3.63, 3.8) is 0 Å². The molecule has 4 nitrogen and oxygen atoms in total. The molecule has 0 aliphatic heterocycles. The fraction of sp³-hybridized carbons (Fsp3) is 0.300. The van der Waals surface area contributed by atoms with Crippen LogP contribution in [0.4, 0.5) is 0 Å². The summed E-state index contributed by atoms with van der Waals surface area (Å²) in [5.41, 5.74) is 6.08. The van der Waals surface area contributed by atoms with Crippen LogP contribution in [0.3, 0.4) is 0 Å². The minimum Gasteiger partial charge on any atom is -0.481 e. The third-order valence-corrected chi connectivity index (χ3v) is 1.97. The average molecular weight is 206 g/mol. The maximum absolute atomic E-state index is 10.9. The Bertz CT molecular complexity index is 305. The van der Waals surface area contributed by atoms with Crippen LogP contribution in [0.5, 0.6) is 0 Å². The fourth-order valence-electron chi connectivity index (χ4n) is 1.23. The van der Waals surface area contributed by atoms with Crippen molar-refractivity contribution in [3.05, 3.63) is 35.9 Å². The lowest BCUT2D eigenvalue weighted by Gasteiger charge is -2.10. The number of nitrogens with two attached hydrogens (primary N) is 1. The van der Waals surface area contributed by atoms with E-state index in [0.717, 1.165) is 5.56 Å². The minimum atomic E-state index is -0.910. The molecule has 0 saturated carbocycles. The molecule has 0 fully saturated rings. The Morgan fingerprint density at radius 1 is 1.47 bits per heavy atom. The zero-order valence-corrected chi connectivity index (χ0v) is 8.30. The molecule has 0 unspecified atom stereocenters. The van der Waals surface area contributed by atoms with Gasteiger partial charge in [-0.3, -0.25) is 4.79 Å². The molecule has 79 valence electrons. The Kier molecular flexibility index (Phi) is 4.87. The average Bonchev–Trinajstić information content (AvgIpc) is 2.25. The summed E-state index contributed by atoms with van der Waals surface area (Å²) in [6, 6.07) is 9.40. The molecule has 0 spiro atoms. The summed E-state index contributed by atoms with van der Waals surface area (Å²) in [7, 11) is 1.27. The van der Waals surface area contributed by atoms with E-state index in [1.54, 1.807) is 0 Å². The lowest BCUT2D eigenvalue weighted by molar-refractivity contribution is -0.137. The van der Waals surface area contributed by atoms with Gasteiger partial charge in [0.1, 0.15) is 0 Å². The van der Waals surface area contributed by atoms with Gasteiger partial charge in [0.05, 0.1) is 12.5 Å².